The maximum atomic E-state index is 11.8. The number of thioether (sulfide) groups is 1. The minimum atomic E-state index is -3.84. The van der Waals surface area contributed by atoms with Gasteiger partial charge in [-0.2, -0.15) is 4.98 Å². The number of carbonyl (C=O) groups excluding carboxylic acids is 1. The minimum Gasteiger partial charge on any atom is -0.340 e. The Morgan fingerprint density at radius 2 is 1.81 bits per heavy atom. The number of aromatic nitrogens is 2. The van der Waals surface area contributed by atoms with E-state index in [1.165, 1.54) is 17.8 Å². The number of fused-ring (bicyclic) bond motifs is 1. The fourth-order valence-corrected chi connectivity index (χ4v) is 4.64. The van der Waals surface area contributed by atoms with Gasteiger partial charge in [-0.15, -0.1) is 11.8 Å². The molecular formula is C20H20N6O3S2. The SMILES string of the molecule is Cc1ccc(Nc2ncc(C)c(Nc3ccc4c(c3)NC(=O)CS4)n2)cc1S(N)(=O)=O. The van der Waals surface area contributed by atoms with Crippen LogP contribution >= 0.6 is 11.8 Å². The Hall–Kier alpha value is -3.15. The molecule has 2 aromatic carbocycles. The van der Waals surface area contributed by atoms with E-state index in [2.05, 4.69) is 25.9 Å². The second kappa shape index (κ2) is 8.17. The van der Waals surface area contributed by atoms with E-state index in [-0.39, 0.29) is 10.8 Å². The van der Waals surface area contributed by atoms with Crippen LogP contribution in [0.25, 0.3) is 0 Å². The molecule has 0 bridgehead atoms. The number of amides is 1. The van der Waals surface area contributed by atoms with E-state index in [0.29, 0.717) is 28.8 Å². The second-order valence-corrected chi connectivity index (χ2v) is 9.60. The lowest BCUT2D eigenvalue weighted by molar-refractivity contribution is -0.113. The van der Waals surface area contributed by atoms with Crippen LogP contribution in [0, 0.1) is 13.8 Å². The van der Waals surface area contributed by atoms with Crippen molar-refractivity contribution in [3.8, 4) is 0 Å². The van der Waals surface area contributed by atoms with Gasteiger partial charge in [0.2, 0.25) is 21.9 Å². The van der Waals surface area contributed by atoms with E-state index in [9.17, 15) is 13.2 Å². The highest BCUT2D eigenvalue weighted by Gasteiger charge is 2.16. The lowest BCUT2D eigenvalue weighted by Gasteiger charge is -2.18. The third-order valence-corrected chi connectivity index (χ3v) is 6.72. The number of nitrogens with one attached hydrogen (secondary N) is 3. The summed E-state index contributed by atoms with van der Waals surface area (Å²) in [6, 6.07) is 10.5. The zero-order valence-corrected chi connectivity index (χ0v) is 18.4. The molecule has 0 atom stereocenters. The second-order valence-electron chi connectivity index (χ2n) is 7.05. The molecule has 0 saturated carbocycles. The van der Waals surface area contributed by atoms with Crippen molar-refractivity contribution in [1.82, 2.24) is 9.97 Å². The Labute approximate surface area is 183 Å². The summed E-state index contributed by atoms with van der Waals surface area (Å²) in [7, 11) is -3.84. The summed E-state index contributed by atoms with van der Waals surface area (Å²) in [6.07, 6.45) is 1.66. The van der Waals surface area contributed by atoms with Crippen LogP contribution in [0.1, 0.15) is 11.1 Å². The Kier molecular flexibility index (Phi) is 5.56. The number of anilines is 5. The first-order chi connectivity index (χ1) is 14.7. The summed E-state index contributed by atoms with van der Waals surface area (Å²) in [4.78, 5) is 21.5. The third-order valence-electron chi connectivity index (χ3n) is 4.60. The number of aryl methyl sites for hydroxylation is 2. The first-order valence-corrected chi connectivity index (χ1v) is 11.8. The van der Waals surface area contributed by atoms with Gasteiger partial charge in [0.25, 0.3) is 0 Å². The van der Waals surface area contributed by atoms with Crippen molar-refractivity contribution < 1.29 is 13.2 Å². The predicted molar refractivity (Wildman–Crippen MR) is 122 cm³/mol. The van der Waals surface area contributed by atoms with Gasteiger partial charge in [0.05, 0.1) is 16.3 Å². The molecule has 1 aromatic heterocycles. The number of hydrogen-bond acceptors (Lipinski definition) is 8. The van der Waals surface area contributed by atoms with Crippen molar-refractivity contribution in [2.45, 2.75) is 23.6 Å². The number of carbonyl (C=O) groups is 1. The van der Waals surface area contributed by atoms with Crippen molar-refractivity contribution in [3.05, 3.63) is 53.7 Å². The van der Waals surface area contributed by atoms with Gasteiger partial charge >= 0.3 is 0 Å². The van der Waals surface area contributed by atoms with E-state index in [1.807, 2.05) is 25.1 Å². The van der Waals surface area contributed by atoms with E-state index >= 15 is 0 Å². The van der Waals surface area contributed by atoms with Crippen molar-refractivity contribution in [1.29, 1.82) is 0 Å². The molecule has 0 unspecified atom stereocenters. The molecule has 1 aliphatic heterocycles. The van der Waals surface area contributed by atoms with E-state index in [1.54, 1.807) is 25.3 Å². The van der Waals surface area contributed by atoms with E-state index < -0.39 is 10.0 Å². The number of rotatable bonds is 5. The maximum Gasteiger partial charge on any atom is 0.238 e. The summed E-state index contributed by atoms with van der Waals surface area (Å²) >= 11 is 1.50. The van der Waals surface area contributed by atoms with Gasteiger partial charge in [-0.05, 0) is 49.7 Å². The molecule has 9 nitrogen and oxygen atoms in total. The Morgan fingerprint density at radius 3 is 2.58 bits per heavy atom. The maximum absolute atomic E-state index is 11.8. The van der Waals surface area contributed by atoms with Gasteiger partial charge in [-0.3, -0.25) is 4.79 Å². The highest BCUT2D eigenvalue weighted by atomic mass is 32.2. The smallest absolute Gasteiger partial charge is 0.238 e. The Bertz CT molecular complexity index is 1290. The predicted octanol–water partition coefficient (Wildman–Crippen LogP) is 3.27. The molecule has 0 saturated heterocycles. The number of nitrogens with zero attached hydrogens (tertiary/aromatic N) is 2. The van der Waals surface area contributed by atoms with Gasteiger partial charge in [0, 0.05) is 28.0 Å². The lowest BCUT2D eigenvalue weighted by Crippen LogP contribution is -2.18. The molecule has 160 valence electrons. The minimum absolute atomic E-state index is 0.0312. The first kappa shape index (κ1) is 21.1. The van der Waals surface area contributed by atoms with E-state index in [0.717, 1.165) is 21.8 Å². The molecular weight excluding hydrogens is 436 g/mol. The van der Waals surface area contributed by atoms with Crippen molar-refractivity contribution >= 4 is 56.5 Å². The topological polar surface area (TPSA) is 139 Å². The average Bonchev–Trinajstić information content (AvgIpc) is 2.71. The molecule has 0 aliphatic carbocycles. The lowest BCUT2D eigenvalue weighted by atomic mass is 10.2. The summed E-state index contributed by atoms with van der Waals surface area (Å²) in [6.45, 7) is 3.54. The van der Waals surface area contributed by atoms with Crippen LogP contribution in [0.3, 0.4) is 0 Å². The molecule has 4 rings (SSSR count). The largest absolute Gasteiger partial charge is 0.340 e. The molecule has 1 aliphatic rings. The Balaban J connectivity index is 1.59. The molecule has 0 spiro atoms. The van der Waals surface area contributed by atoms with Gasteiger partial charge < -0.3 is 16.0 Å². The first-order valence-electron chi connectivity index (χ1n) is 9.27. The molecule has 0 fully saturated rings. The third kappa shape index (κ3) is 4.79. The van der Waals surface area contributed by atoms with Crippen molar-refractivity contribution in [2.24, 2.45) is 5.14 Å². The van der Waals surface area contributed by atoms with Gasteiger partial charge in [-0.25, -0.2) is 18.5 Å². The number of sulfonamides is 1. The number of hydrogen-bond donors (Lipinski definition) is 4. The summed E-state index contributed by atoms with van der Waals surface area (Å²) in [5, 5.41) is 14.4. The Morgan fingerprint density at radius 1 is 1.06 bits per heavy atom. The fourth-order valence-electron chi connectivity index (χ4n) is 3.04. The molecule has 31 heavy (non-hydrogen) atoms. The molecule has 11 heteroatoms. The van der Waals surface area contributed by atoms with Crippen LogP contribution < -0.4 is 21.1 Å². The standard InChI is InChI=1S/C20H20N6O3S2/c1-11-3-4-14(8-17(11)31(21,28)29)24-20-22-9-12(2)19(26-20)23-13-5-6-16-15(7-13)25-18(27)10-30-16/h3-9H,10H2,1-2H3,(H,25,27)(H2,21,28,29)(H2,22,23,24,26). The van der Waals surface area contributed by atoms with Crippen LogP contribution in [0.4, 0.5) is 28.8 Å². The van der Waals surface area contributed by atoms with Crippen molar-refractivity contribution in [3.63, 3.8) is 0 Å². The zero-order valence-electron chi connectivity index (χ0n) is 16.8. The zero-order chi connectivity index (χ0) is 22.2. The molecule has 0 radical (unpaired) electrons. The normalized spacial score (nSPS) is 13.3. The van der Waals surface area contributed by atoms with Gasteiger partial charge in [-0.1, -0.05) is 6.07 Å². The van der Waals surface area contributed by atoms with Crippen LogP contribution in [0.2, 0.25) is 0 Å². The summed E-state index contributed by atoms with van der Waals surface area (Å²) in [5.41, 5.74) is 3.39. The molecule has 2 heterocycles. The molecule has 5 N–H and O–H groups in total. The summed E-state index contributed by atoms with van der Waals surface area (Å²) < 4.78 is 23.5. The van der Waals surface area contributed by atoms with Crippen LogP contribution in [-0.4, -0.2) is 30.0 Å². The highest BCUT2D eigenvalue weighted by Crippen LogP contribution is 2.34. The highest BCUT2D eigenvalue weighted by molar-refractivity contribution is 8.00. The van der Waals surface area contributed by atoms with Gasteiger partial charge in [0.15, 0.2) is 0 Å². The van der Waals surface area contributed by atoms with Crippen LogP contribution in [0.5, 0.6) is 0 Å². The summed E-state index contributed by atoms with van der Waals surface area (Å²) in [5.74, 6) is 1.24. The number of benzene rings is 2. The van der Waals surface area contributed by atoms with Crippen molar-refractivity contribution in [2.75, 3.05) is 21.7 Å². The molecule has 3 aromatic rings. The van der Waals surface area contributed by atoms with Gasteiger partial charge in [0.1, 0.15) is 5.82 Å². The van der Waals surface area contributed by atoms with Crippen LogP contribution in [0.15, 0.2) is 52.4 Å². The van der Waals surface area contributed by atoms with E-state index in [4.69, 9.17) is 5.14 Å². The number of nitrogens with two attached hydrogens (primary N) is 1. The average molecular weight is 457 g/mol. The monoisotopic (exact) mass is 456 g/mol. The molecule has 1 amide bonds. The van der Waals surface area contributed by atoms with Crippen LogP contribution in [-0.2, 0) is 14.8 Å². The quantitative estimate of drug-likeness (QED) is 0.459. The fraction of sp³-hybridized carbons (Fsp3) is 0.150. The number of primary sulfonamides is 1.